The van der Waals surface area contributed by atoms with Crippen LogP contribution in [0.5, 0.6) is 0 Å². The zero-order valence-electron chi connectivity index (χ0n) is 19.8. The number of nitrogens with one attached hydrogen (secondary N) is 1. The van der Waals surface area contributed by atoms with Crippen LogP contribution in [0.25, 0.3) is 5.69 Å². The second-order valence-electron chi connectivity index (χ2n) is 10.2. The van der Waals surface area contributed by atoms with E-state index in [4.69, 9.17) is 10.1 Å². The predicted molar refractivity (Wildman–Crippen MR) is 129 cm³/mol. The number of hydrogen-bond donors (Lipinski definition) is 1. The molecule has 1 unspecified atom stereocenters. The Morgan fingerprint density at radius 3 is 2.71 bits per heavy atom. The first-order chi connectivity index (χ1) is 16.4. The van der Waals surface area contributed by atoms with Crippen LogP contribution >= 0.6 is 0 Å². The van der Waals surface area contributed by atoms with Crippen LogP contribution in [0.3, 0.4) is 0 Å². The minimum absolute atomic E-state index is 0.0293. The van der Waals surface area contributed by atoms with Gasteiger partial charge in [0.15, 0.2) is 5.82 Å². The van der Waals surface area contributed by atoms with Gasteiger partial charge in [0.25, 0.3) is 0 Å². The lowest BCUT2D eigenvalue weighted by molar-refractivity contribution is 0.229. The van der Waals surface area contributed by atoms with Gasteiger partial charge in [-0.15, -0.1) is 5.10 Å². The number of carbonyl (C=O) groups excluding carboxylic acids is 1. The maximum absolute atomic E-state index is 12.8. The summed E-state index contributed by atoms with van der Waals surface area (Å²) in [5, 5.41) is 8.28. The van der Waals surface area contributed by atoms with E-state index in [1.54, 1.807) is 28.4 Å². The third-order valence-corrected chi connectivity index (χ3v) is 7.19. The van der Waals surface area contributed by atoms with Crippen molar-refractivity contribution in [3.8, 4) is 5.69 Å². The average molecular weight is 459 g/mol. The predicted octanol–water partition coefficient (Wildman–Crippen LogP) is 3.93. The molecule has 3 heterocycles. The van der Waals surface area contributed by atoms with Crippen molar-refractivity contribution in [3.63, 3.8) is 0 Å². The number of benzene rings is 1. The Morgan fingerprint density at radius 2 is 1.97 bits per heavy atom. The van der Waals surface area contributed by atoms with E-state index in [0.29, 0.717) is 30.1 Å². The fraction of sp³-hybridized carbons (Fsp3) is 0.480. The van der Waals surface area contributed by atoms with E-state index in [1.165, 1.54) is 18.4 Å². The zero-order valence-corrected chi connectivity index (χ0v) is 19.8. The summed E-state index contributed by atoms with van der Waals surface area (Å²) in [5.41, 5.74) is 2.04. The Bertz CT molecular complexity index is 1230. The molecule has 3 fully saturated rings. The van der Waals surface area contributed by atoms with E-state index >= 15 is 0 Å². The molecule has 1 atom stereocenters. The van der Waals surface area contributed by atoms with Gasteiger partial charge in [0.2, 0.25) is 5.95 Å². The van der Waals surface area contributed by atoms with Gasteiger partial charge in [-0.1, -0.05) is 26.0 Å². The smallest absolute Gasteiger partial charge is 0.325 e. The number of hydrogen-bond acceptors (Lipinski definition) is 6. The lowest BCUT2D eigenvalue weighted by atomic mass is 10.0. The summed E-state index contributed by atoms with van der Waals surface area (Å²) in [6.07, 6.45) is 7.86. The fourth-order valence-corrected chi connectivity index (χ4v) is 4.77. The third-order valence-electron chi connectivity index (χ3n) is 7.19. The van der Waals surface area contributed by atoms with Gasteiger partial charge >= 0.3 is 6.03 Å². The monoisotopic (exact) mass is 458 g/mol. The molecule has 0 radical (unpaired) electrons. The summed E-state index contributed by atoms with van der Waals surface area (Å²) in [6.45, 7) is 4.95. The zero-order chi connectivity index (χ0) is 23.4. The summed E-state index contributed by atoms with van der Waals surface area (Å²) in [4.78, 5) is 30.1. The molecule has 34 heavy (non-hydrogen) atoms. The van der Waals surface area contributed by atoms with Crippen LogP contribution in [0.2, 0.25) is 0 Å². The van der Waals surface area contributed by atoms with Gasteiger partial charge in [-0.25, -0.2) is 19.4 Å². The van der Waals surface area contributed by atoms with Crippen molar-refractivity contribution in [2.24, 2.45) is 5.92 Å². The van der Waals surface area contributed by atoms with Crippen molar-refractivity contribution in [1.29, 1.82) is 0 Å². The van der Waals surface area contributed by atoms with Crippen LogP contribution in [0.1, 0.15) is 56.8 Å². The van der Waals surface area contributed by atoms with Gasteiger partial charge in [0.05, 0.1) is 11.7 Å². The molecule has 2 saturated carbocycles. The molecule has 6 rings (SSSR count). The number of nitrogens with zero attached hydrogens (tertiary/aromatic N) is 7. The van der Waals surface area contributed by atoms with Crippen LogP contribution in [0, 0.1) is 5.92 Å². The summed E-state index contributed by atoms with van der Waals surface area (Å²) in [7, 11) is 1.83. The first-order valence-corrected chi connectivity index (χ1v) is 12.1. The highest BCUT2D eigenvalue weighted by atomic mass is 16.2. The molecule has 3 aliphatic rings. The molecular weight excluding hydrogens is 428 g/mol. The van der Waals surface area contributed by atoms with Crippen molar-refractivity contribution in [2.75, 3.05) is 23.8 Å². The number of aromatic nitrogens is 5. The molecule has 2 aliphatic carbocycles. The maximum Gasteiger partial charge on any atom is 0.325 e. The van der Waals surface area contributed by atoms with Crippen molar-refractivity contribution < 1.29 is 4.79 Å². The fourth-order valence-electron chi connectivity index (χ4n) is 4.77. The Morgan fingerprint density at radius 1 is 1.15 bits per heavy atom. The van der Waals surface area contributed by atoms with E-state index in [2.05, 4.69) is 53.4 Å². The summed E-state index contributed by atoms with van der Waals surface area (Å²) < 4.78 is 1.85. The highest BCUT2D eigenvalue weighted by molar-refractivity contribution is 5.94. The van der Waals surface area contributed by atoms with Crippen molar-refractivity contribution >= 4 is 17.8 Å². The Hall–Kier alpha value is -3.49. The highest BCUT2D eigenvalue weighted by Gasteiger charge is 2.49. The molecule has 9 nitrogen and oxygen atoms in total. The lowest BCUT2D eigenvalue weighted by Crippen LogP contribution is -2.38. The second-order valence-corrected chi connectivity index (χ2v) is 10.2. The molecule has 2 amide bonds. The van der Waals surface area contributed by atoms with Gasteiger partial charge < -0.3 is 10.2 Å². The van der Waals surface area contributed by atoms with Crippen molar-refractivity contribution in [1.82, 2.24) is 29.6 Å². The number of amides is 2. The van der Waals surface area contributed by atoms with Crippen LogP contribution in [-0.2, 0) is 5.54 Å². The Labute approximate surface area is 199 Å². The molecular formula is C25H30N8O. The van der Waals surface area contributed by atoms with E-state index in [9.17, 15) is 4.79 Å². The van der Waals surface area contributed by atoms with Crippen LogP contribution in [0.15, 0.2) is 42.9 Å². The van der Waals surface area contributed by atoms with Crippen molar-refractivity contribution in [2.45, 2.75) is 57.0 Å². The van der Waals surface area contributed by atoms with Gasteiger partial charge in [-0.05, 0) is 61.3 Å². The third kappa shape index (κ3) is 3.69. The molecule has 1 aromatic carbocycles. The molecule has 0 spiro atoms. The number of urea groups is 1. The first kappa shape index (κ1) is 21.1. The molecule has 1 saturated heterocycles. The quantitative estimate of drug-likeness (QED) is 0.577. The molecule has 1 aliphatic heterocycles. The molecule has 0 bridgehead atoms. The van der Waals surface area contributed by atoms with E-state index in [-0.39, 0.29) is 17.6 Å². The van der Waals surface area contributed by atoms with Gasteiger partial charge in [0, 0.05) is 19.8 Å². The summed E-state index contributed by atoms with van der Waals surface area (Å²) >= 11 is 0. The van der Waals surface area contributed by atoms with Crippen LogP contribution in [0.4, 0.5) is 16.6 Å². The van der Waals surface area contributed by atoms with E-state index in [0.717, 1.165) is 24.4 Å². The SMILES string of the molecule is CC(C)C1CN(C)C(=O)N1c1ccnc(NC2(c3ncn(-c4cccc(C5CC5)c4)n3)CC2)n1. The van der Waals surface area contributed by atoms with Gasteiger partial charge in [-0.3, -0.25) is 4.90 Å². The lowest BCUT2D eigenvalue weighted by Gasteiger charge is -2.25. The first-order valence-electron chi connectivity index (χ1n) is 12.1. The van der Waals surface area contributed by atoms with Crippen LogP contribution in [-0.4, -0.2) is 55.3 Å². The molecule has 9 heteroatoms. The Balaban J connectivity index is 1.23. The normalized spacial score (nSPS) is 21.4. The van der Waals surface area contributed by atoms with E-state index < -0.39 is 0 Å². The second kappa shape index (κ2) is 7.78. The van der Waals surface area contributed by atoms with Gasteiger partial charge in [0.1, 0.15) is 17.7 Å². The topological polar surface area (TPSA) is 92.1 Å². The molecule has 3 aromatic rings. The number of carbonyl (C=O) groups is 1. The molecule has 176 valence electrons. The maximum atomic E-state index is 12.8. The van der Waals surface area contributed by atoms with Crippen LogP contribution < -0.4 is 10.2 Å². The number of anilines is 2. The van der Waals surface area contributed by atoms with Crippen molar-refractivity contribution in [3.05, 3.63) is 54.2 Å². The Kier molecular flexibility index (Phi) is 4.82. The van der Waals surface area contributed by atoms with E-state index in [1.807, 2.05) is 11.7 Å². The highest BCUT2D eigenvalue weighted by Crippen LogP contribution is 2.46. The van der Waals surface area contributed by atoms with Gasteiger partial charge in [-0.2, -0.15) is 4.98 Å². The molecule has 1 N–H and O–H groups in total. The average Bonchev–Trinajstić information content (AvgIpc) is 3.75. The summed E-state index contributed by atoms with van der Waals surface area (Å²) in [5.74, 6) is 2.88. The summed E-state index contributed by atoms with van der Waals surface area (Å²) in [6, 6.07) is 10.4. The minimum atomic E-state index is -0.374. The number of rotatable bonds is 7. The molecule has 2 aromatic heterocycles. The minimum Gasteiger partial charge on any atom is -0.341 e. The number of likely N-dealkylation sites (N-methyl/N-ethyl adjacent to an activating group) is 1. The standard InChI is InChI=1S/C25H30N8O/c1-16(2)20-14-31(3)24(34)33(20)21-9-12-26-23(28-21)29-25(10-11-25)22-27-15-32(30-22)19-6-4-5-18(13-19)17-7-8-17/h4-6,9,12-13,15-17,20H,7-8,10-11,14H2,1-3H3,(H,26,28,29). The largest absolute Gasteiger partial charge is 0.341 e.